The predicted molar refractivity (Wildman–Crippen MR) is 94.7 cm³/mol. The van der Waals surface area contributed by atoms with Gasteiger partial charge in [-0.1, -0.05) is 0 Å². The summed E-state index contributed by atoms with van der Waals surface area (Å²) in [6.07, 6.45) is -1.34. The monoisotopic (exact) mass is 359 g/mol. The van der Waals surface area contributed by atoms with Crippen molar-refractivity contribution < 1.29 is 24.2 Å². The van der Waals surface area contributed by atoms with Gasteiger partial charge in [-0.2, -0.15) is 5.26 Å². The van der Waals surface area contributed by atoms with Gasteiger partial charge in [0, 0.05) is 17.9 Å². The van der Waals surface area contributed by atoms with Crippen LogP contribution in [-0.2, 0) is 14.3 Å². The number of rotatable bonds is 4. The first kappa shape index (κ1) is 19.9. The highest BCUT2D eigenvalue weighted by Crippen LogP contribution is 2.43. The summed E-state index contributed by atoms with van der Waals surface area (Å²) in [5.41, 5.74) is -0.526. The zero-order valence-electron chi connectivity index (χ0n) is 15.8. The molecule has 0 aromatic heterocycles. The lowest BCUT2D eigenvalue weighted by Gasteiger charge is -2.42. The van der Waals surface area contributed by atoms with Crippen LogP contribution in [0.3, 0.4) is 0 Å². The van der Waals surface area contributed by atoms with Gasteiger partial charge in [-0.05, 0) is 52.8 Å². The average molecular weight is 359 g/mol. The zero-order valence-corrected chi connectivity index (χ0v) is 15.8. The molecule has 0 amide bonds. The number of carbonyl (C=O) groups excluding carboxylic acids is 2. The van der Waals surface area contributed by atoms with E-state index in [1.807, 2.05) is 6.07 Å². The van der Waals surface area contributed by atoms with Crippen LogP contribution in [0.1, 0.15) is 64.5 Å². The van der Waals surface area contributed by atoms with Crippen molar-refractivity contribution in [2.75, 3.05) is 0 Å². The maximum atomic E-state index is 12.4. The molecule has 0 saturated heterocycles. The number of nitrogens with zero attached hydrogens (tertiary/aromatic N) is 1. The molecular weight excluding hydrogens is 334 g/mol. The number of hydrogen-bond donors (Lipinski definition) is 1. The smallest absolute Gasteiger partial charge is 0.313 e. The number of aliphatic hydroxyl groups is 1. The molecule has 0 aliphatic carbocycles. The number of aliphatic hydroxyl groups excluding tert-OH is 1. The second-order valence-electron chi connectivity index (χ2n) is 8.13. The lowest BCUT2D eigenvalue weighted by Crippen LogP contribution is -2.49. The maximum Gasteiger partial charge on any atom is 0.313 e. The number of benzene rings is 1. The van der Waals surface area contributed by atoms with Gasteiger partial charge in [-0.25, -0.2) is 0 Å². The van der Waals surface area contributed by atoms with Crippen LogP contribution in [0.4, 0.5) is 0 Å². The first-order chi connectivity index (χ1) is 11.9. The Kier molecular flexibility index (Phi) is 5.43. The van der Waals surface area contributed by atoms with Gasteiger partial charge in [-0.15, -0.1) is 0 Å². The quantitative estimate of drug-likeness (QED) is 0.656. The number of nitriles is 1. The maximum absolute atomic E-state index is 12.4. The van der Waals surface area contributed by atoms with Gasteiger partial charge in [0.2, 0.25) is 0 Å². The van der Waals surface area contributed by atoms with Gasteiger partial charge in [0.1, 0.15) is 35.3 Å². The number of ketones is 1. The molecule has 1 aliphatic heterocycles. The predicted octanol–water partition coefficient (Wildman–Crippen LogP) is 2.86. The Labute approximate surface area is 153 Å². The minimum absolute atomic E-state index is 0.0327. The molecule has 1 heterocycles. The van der Waals surface area contributed by atoms with Gasteiger partial charge in [0.15, 0.2) is 0 Å². The second kappa shape index (κ2) is 7.08. The van der Waals surface area contributed by atoms with E-state index < -0.39 is 29.2 Å². The summed E-state index contributed by atoms with van der Waals surface area (Å²) in [5.74, 6) is -0.935. The topological polar surface area (TPSA) is 96.6 Å². The zero-order chi connectivity index (χ0) is 19.7. The minimum atomic E-state index is -0.952. The van der Waals surface area contributed by atoms with E-state index in [2.05, 4.69) is 0 Å². The van der Waals surface area contributed by atoms with Crippen molar-refractivity contribution in [1.82, 2.24) is 0 Å². The fourth-order valence-electron chi connectivity index (χ4n) is 3.08. The highest BCUT2D eigenvalue weighted by molar-refractivity contribution is 5.96. The van der Waals surface area contributed by atoms with Crippen LogP contribution in [-0.4, -0.2) is 34.2 Å². The van der Waals surface area contributed by atoms with Crippen molar-refractivity contribution in [3.63, 3.8) is 0 Å². The van der Waals surface area contributed by atoms with E-state index >= 15 is 0 Å². The Morgan fingerprint density at radius 3 is 2.58 bits per heavy atom. The number of fused-ring (bicyclic) bond motifs is 1. The Morgan fingerprint density at radius 2 is 2.00 bits per heavy atom. The summed E-state index contributed by atoms with van der Waals surface area (Å²) in [6, 6.07) is 6.98. The van der Waals surface area contributed by atoms with Crippen molar-refractivity contribution in [2.24, 2.45) is 0 Å². The number of esters is 1. The van der Waals surface area contributed by atoms with Crippen LogP contribution >= 0.6 is 0 Å². The molecule has 0 saturated carbocycles. The second-order valence-corrected chi connectivity index (χ2v) is 8.13. The summed E-state index contributed by atoms with van der Waals surface area (Å²) in [5, 5.41) is 19.8. The third kappa shape index (κ3) is 4.61. The lowest BCUT2D eigenvalue weighted by molar-refractivity contribution is -0.156. The molecule has 26 heavy (non-hydrogen) atoms. The van der Waals surface area contributed by atoms with Crippen LogP contribution in [0.25, 0.3) is 0 Å². The van der Waals surface area contributed by atoms with E-state index in [4.69, 9.17) is 14.7 Å². The molecule has 1 aromatic carbocycles. The summed E-state index contributed by atoms with van der Waals surface area (Å²) in [4.78, 5) is 24.3. The number of Topliss-reactive ketones (excluding diaryl/α,β-unsaturated/α-hetero) is 1. The molecule has 6 heteroatoms. The van der Waals surface area contributed by atoms with Gasteiger partial charge in [-0.3, -0.25) is 9.59 Å². The standard InChI is InChI=1S/C20H25NO5/c1-19(2,3)26-17(23)10-13(22)9-15-14-8-12(11-21)6-7-16(14)25-20(4,5)18(15)24/h6-8,15,18,24H,9-10H2,1-5H3/t15-,18+/m0/s1. The Bertz CT molecular complexity index is 754. The van der Waals surface area contributed by atoms with E-state index in [1.54, 1.807) is 52.8 Å². The molecule has 140 valence electrons. The van der Waals surface area contributed by atoms with Gasteiger partial charge in [0.05, 0.1) is 11.6 Å². The SMILES string of the molecule is CC(C)(C)OC(=O)CC(=O)C[C@H]1c2cc(C#N)ccc2OC(C)(C)[C@@H]1O. The molecule has 0 spiro atoms. The van der Waals surface area contributed by atoms with Gasteiger partial charge >= 0.3 is 5.97 Å². The van der Waals surface area contributed by atoms with Crippen LogP contribution in [0.2, 0.25) is 0 Å². The number of hydrogen-bond acceptors (Lipinski definition) is 6. The van der Waals surface area contributed by atoms with Gasteiger partial charge in [0.25, 0.3) is 0 Å². The molecule has 0 bridgehead atoms. The molecule has 0 unspecified atom stereocenters. The molecule has 1 aliphatic rings. The van der Waals surface area contributed by atoms with Crippen molar-refractivity contribution in [1.29, 1.82) is 5.26 Å². The third-order valence-electron chi connectivity index (χ3n) is 4.21. The molecule has 0 fully saturated rings. The molecule has 2 atom stereocenters. The van der Waals surface area contributed by atoms with Crippen LogP contribution < -0.4 is 4.74 Å². The molecule has 6 nitrogen and oxygen atoms in total. The van der Waals surface area contributed by atoms with Crippen molar-refractivity contribution >= 4 is 11.8 Å². The summed E-state index contributed by atoms with van der Waals surface area (Å²) < 4.78 is 11.0. The molecular formula is C20H25NO5. The van der Waals surface area contributed by atoms with E-state index in [0.717, 1.165) is 0 Å². The first-order valence-electron chi connectivity index (χ1n) is 8.57. The highest BCUT2D eigenvalue weighted by atomic mass is 16.6. The number of ether oxygens (including phenoxy) is 2. The van der Waals surface area contributed by atoms with Crippen LogP contribution in [0, 0.1) is 11.3 Å². The van der Waals surface area contributed by atoms with Crippen molar-refractivity contribution in [3.8, 4) is 11.8 Å². The van der Waals surface area contributed by atoms with Crippen LogP contribution in [0.5, 0.6) is 5.75 Å². The third-order valence-corrected chi connectivity index (χ3v) is 4.21. The molecule has 2 rings (SSSR count). The van der Waals surface area contributed by atoms with E-state index in [-0.39, 0.29) is 18.6 Å². The summed E-state index contributed by atoms with van der Waals surface area (Å²) in [6.45, 7) is 8.69. The van der Waals surface area contributed by atoms with E-state index in [9.17, 15) is 14.7 Å². The minimum Gasteiger partial charge on any atom is -0.485 e. The first-order valence-corrected chi connectivity index (χ1v) is 8.57. The van der Waals surface area contributed by atoms with Crippen LogP contribution in [0.15, 0.2) is 18.2 Å². The van der Waals surface area contributed by atoms with Crippen molar-refractivity contribution in [3.05, 3.63) is 29.3 Å². The molecule has 1 N–H and O–H groups in total. The van der Waals surface area contributed by atoms with Gasteiger partial charge < -0.3 is 14.6 Å². The Balaban J connectivity index is 2.23. The molecule has 1 aromatic rings. The Hall–Kier alpha value is -2.39. The van der Waals surface area contributed by atoms with E-state index in [1.165, 1.54) is 0 Å². The lowest BCUT2D eigenvalue weighted by atomic mass is 9.78. The van der Waals surface area contributed by atoms with E-state index in [0.29, 0.717) is 16.9 Å². The largest absolute Gasteiger partial charge is 0.485 e. The number of carbonyl (C=O) groups is 2. The molecule has 0 radical (unpaired) electrons. The summed E-state index contributed by atoms with van der Waals surface area (Å²) >= 11 is 0. The summed E-state index contributed by atoms with van der Waals surface area (Å²) in [7, 11) is 0. The highest BCUT2D eigenvalue weighted by Gasteiger charge is 2.43. The van der Waals surface area contributed by atoms with Crippen molar-refractivity contribution in [2.45, 2.75) is 70.7 Å². The fraction of sp³-hybridized carbons (Fsp3) is 0.550. The Morgan fingerprint density at radius 1 is 1.35 bits per heavy atom. The normalized spacial score (nSPS) is 21.1. The fourth-order valence-corrected chi connectivity index (χ4v) is 3.08. The average Bonchev–Trinajstić information content (AvgIpc) is 2.49.